The fourth-order valence-corrected chi connectivity index (χ4v) is 1.38. The fourth-order valence-electron chi connectivity index (χ4n) is 1.38. The molecular weight excluding hydrogens is 202 g/mol. The van der Waals surface area contributed by atoms with Crippen LogP contribution in [0.2, 0.25) is 0 Å². The van der Waals surface area contributed by atoms with Gasteiger partial charge in [0, 0.05) is 19.3 Å². The van der Waals surface area contributed by atoms with Crippen molar-refractivity contribution in [2.75, 3.05) is 18.5 Å². The van der Waals surface area contributed by atoms with Crippen LogP contribution < -0.4 is 5.32 Å². The quantitative estimate of drug-likeness (QED) is 0.824. The number of rotatable bonds is 5. The van der Waals surface area contributed by atoms with E-state index in [-0.39, 0.29) is 5.60 Å². The Kier molecular flexibility index (Phi) is 4.27. The van der Waals surface area contributed by atoms with Crippen LogP contribution in [0, 0.1) is 11.3 Å². The zero-order valence-electron chi connectivity index (χ0n) is 9.95. The first-order valence-electron chi connectivity index (χ1n) is 5.31. The number of nitrogens with one attached hydrogen (secondary N) is 1. The van der Waals surface area contributed by atoms with E-state index in [1.807, 2.05) is 20.8 Å². The minimum Gasteiger partial charge on any atom is -0.380 e. The zero-order chi connectivity index (χ0) is 12.0. The number of hydrogen-bond donors (Lipinski definition) is 1. The monoisotopic (exact) mass is 219 g/mol. The highest BCUT2D eigenvalue weighted by atomic mass is 16.5. The largest absolute Gasteiger partial charge is 0.380 e. The van der Waals surface area contributed by atoms with Crippen LogP contribution >= 0.6 is 0 Å². The van der Waals surface area contributed by atoms with Crippen molar-refractivity contribution in [3.63, 3.8) is 0 Å². The minimum absolute atomic E-state index is 0.253. The lowest BCUT2D eigenvalue weighted by molar-refractivity contribution is 0.000693. The maximum atomic E-state index is 8.90. The summed E-state index contributed by atoms with van der Waals surface area (Å²) >= 11 is 0. The molecule has 0 aromatic carbocycles. The van der Waals surface area contributed by atoms with E-state index in [2.05, 4.69) is 16.4 Å². The molecule has 0 saturated heterocycles. The molecule has 1 aromatic rings. The summed E-state index contributed by atoms with van der Waals surface area (Å²) in [6, 6.07) is 3.81. The molecule has 0 bridgehead atoms. The molecule has 0 spiro atoms. The average Bonchev–Trinajstić information content (AvgIpc) is 2.27. The van der Waals surface area contributed by atoms with Crippen molar-refractivity contribution in [3.05, 3.63) is 24.0 Å². The first-order chi connectivity index (χ1) is 7.59. The van der Waals surface area contributed by atoms with Gasteiger partial charge in [0.1, 0.15) is 6.07 Å². The summed E-state index contributed by atoms with van der Waals surface area (Å²) < 4.78 is 5.56. The van der Waals surface area contributed by atoms with Gasteiger partial charge in [0.2, 0.25) is 0 Å². The van der Waals surface area contributed by atoms with Crippen LogP contribution in [0.15, 0.2) is 18.5 Å². The van der Waals surface area contributed by atoms with Gasteiger partial charge < -0.3 is 10.1 Å². The molecule has 16 heavy (non-hydrogen) atoms. The van der Waals surface area contributed by atoms with Gasteiger partial charge in [-0.2, -0.15) is 5.26 Å². The van der Waals surface area contributed by atoms with Gasteiger partial charge in [-0.3, -0.25) is 4.98 Å². The number of nitriles is 1. The van der Waals surface area contributed by atoms with Gasteiger partial charge in [0.15, 0.2) is 0 Å². The third-order valence-electron chi connectivity index (χ3n) is 2.18. The molecule has 0 unspecified atom stereocenters. The topological polar surface area (TPSA) is 57.9 Å². The number of anilines is 1. The molecule has 86 valence electrons. The lowest BCUT2D eigenvalue weighted by Gasteiger charge is -2.25. The third-order valence-corrected chi connectivity index (χ3v) is 2.18. The van der Waals surface area contributed by atoms with Crippen molar-refractivity contribution >= 4 is 5.69 Å². The molecular formula is C12H17N3O. The standard InChI is InChI=1S/C12H17N3O/c1-4-16-12(2,3)9-15-11-8-14-6-5-10(11)7-13/h5-6,8,15H,4,9H2,1-3H3. The molecule has 0 amide bonds. The van der Waals surface area contributed by atoms with Crippen LogP contribution in [0.3, 0.4) is 0 Å². The number of nitrogens with zero attached hydrogens (tertiary/aromatic N) is 2. The van der Waals surface area contributed by atoms with E-state index in [9.17, 15) is 0 Å². The Hall–Kier alpha value is -1.60. The van der Waals surface area contributed by atoms with E-state index < -0.39 is 0 Å². The van der Waals surface area contributed by atoms with Crippen LogP contribution in [0.25, 0.3) is 0 Å². The maximum absolute atomic E-state index is 8.90. The SMILES string of the molecule is CCOC(C)(C)CNc1cnccc1C#N. The smallest absolute Gasteiger partial charge is 0.101 e. The first kappa shape index (κ1) is 12.5. The third kappa shape index (κ3) is 3.52. The van der Waals surface area contributed by atoms with E-state index in [4.69, 9.17) is 10.00 Å². The Labute approximate surface area is 96.3 Å². The van der Waals surface area contributed by atoms with Gasteiger partial charge in [-0.1, -0.05) is 0 Å². The Morgan fingerprint density at radius 2 is 2.31 bits per heavy atom. The van der Waals surface area contributed by atoms with Gasteiger partial charge >= 0.3 is 0 Å². The highest BCUT2D eigenvalue weighted by Crippen LogP contribution is 2.15. The number of hydrogen-bond acceptors (Lipinski definition) is 4. The molecule has 0 atom stereocenters. The van der Waals surface area contributed by atoms with Crippen LogP contribution in [-0.4, -0.2) is 23.7 Å². The summed E-state index contributed by atoms with van der Waals surface area (Å²) in [5, 5.41) is 12.1. The summed E-state index contributed by atoms with van der Waals surface area (Å²) in [6.07, 6.45) is 3.26. The molecule has 0 fully saturated rings. The maximum Gasteiger partial charge on any atom is 0.101 e. The molecule has 0 radical (unpaired) electrons. The molecule has 0 saturated carbocycles. The van der Waals surface area contributed by atoms with Crippen molar-refractivity contribution in [2.24, 2.45) is 0 Å². The van der Waals surface area contributed by atoms with E-state index in [1.54, 1.807) is 18.5 Å². The predicted molar refractivity (Wildman–Crippen MR) is 63.1 cm³/mol. The highest BCUT2D eigenvalue weighted by molar-refractivity contribution is 5.55. The molecule has 0 aliphatic carbocycles. The van der Waals surface area contributed by atoms with Gasteiger partial charge in [-0.05, 0) is 26.8 Å². The van der Waals surface area contributed by atoms with E-state index in [0.717, 1.165) is 5.69 Å². The van der Waals surface area contributed by atoms with Crippen LogP contribution in [0.1, 0.15) is 26.3 Å². The molecule has 1 heterocycles. The Balaban J connectivity index is 2.65. The van der Waals surface area contributed by atoms with Crippen LogP contribution in [-0.2, 0) is 4.74 Å². The second-order valence-corrected chi connectivity index (χ2v) is 4.08. The number of pyridine rings is 1. The van der Waals surface area contributed by atoms with Gasteiger partial charge in [-0.15, -0.1) is 0 Å². The van der Waals surface area contributed by atoms with Crippen LogP contribution in [0.5, 0.6) is 0 Å². The number of aromatic nitrogens is 1. The Morgan fingerprint density at radius 1 is 1.56 bits per heavy atom. The average molecular weight is 219 g/mol. The van der Waals surface area contributed by atoms with E-state index >= 15 is 0 Å². The Bertz CT molecular complexity index is 382. The lowest BCUT2D eigenvalue weighted by atomic mass is 10.1. The minimum atomic E-state index is -0.253. The molecule has 0 aliphatic rings. The molecule has 1 aromatic heterocycles. The zero-order valence-corrected chi connectivity index (χ0v) is 9.95. The summed E-state index contributed by atoms with van der Waals surface area (Å²) in [6.45, 7) is 7.29. The highest BCUT2D eigenvalue weighted by Gasteiger charge is 2.17. The van der Waals surface area contributed by atoms with Crippen molar-refractivity contribution in [3.8, 4) is 6.07 Å². The molecule has 1 rings (SSSR count). The van der Waals surface area contributed by atoms with Crippen LogP contribution in [0.4, 0.5) is 5.69 Å². The first-order valence-corrected chi connectivity index (χ1v) is 5.31. The number of ether oxygens (including phenoxy) is 1. The summed E-state index contributed by atoms with van der Waals surface area (Å²) in [4.78, 5) is 3.99. The predicted octanol–water partition coefficient (Wildman–Crippen LogP) is 2.18. The second kappa shape index (κ2) is 5.47. The second-order valence-electron chi connectivity index (χ2n) is 4.08. The molecule has 0 aliphatic heterocycles. The molecule has 4 nitrogen and oxygen atoms in total. The summed E-state index contributed by atoms with van der Waals surface area (Å²) in [5.74, 6) is 0. The summed E-state index contributed by atoms with van der Waals surface area (Å²) in [5.41, 5.74) is 1.09. The van der Waals surface area contributed by atoms with E-state index in [1.165, 1.54) is 0 Å². The van der Waals surface area contributed by atoms with Crippen molar-refractivity contribution in [1.29, 1.82) is 5.26 Å². The van der Waals surface area contributed by atoms with Gasteiger partial charge in [-0.25, -0.2) is 0 Å². The van der Waals surface area contributed by atoms with Crippen molar-refractivity contribution in [1.82, 2.24) is 4.98 Å². The lowest BCUT2D eigenvalue weighted by Crippen LogP contribution is -2.33. The van der Waals surface area contributed by atoms with Gasteiger partial charge in [0.05, 0.1) is 23.0 Å². The van der Waals surface area contributed by atoms with Gasteiger partial charge in [0.25, 0.3) is 0 Å². The van der Waals surface area contributed by atoms with E-state index in [0.29, 0.717) is 18.7 Å². The summed E-state index contributed by atoms with van der Waals surface area (Å²) in [7, 11) is 0. The Morgan fingerprint density at radius 3 is 2.94 bits per heavy atom. The van der Waals surface area contributed by atoms with Crippen molar-refractivity contribution < 1.29 is 4.74 Å². The molecule has 4 heteroatoms. The van der Waals surface area contributed by atoms with Crippen molar-refractivity contribution in [2.45, 2.75) is 26.4 Å². The fraction of sp³-hybridized carbons (Fsp3) is 0.500. The normalized spacial score (nSPS) is 10.9. The molecule has 1 N–H and O–H groups in total.